The zero-order chi connectivity index (χ0) is 45.2. The van der Waals surface area contributed by atoms with Gasteiger partial charge in [0.1, 0.15) is 22.7 Å². The molecule has 0 aliphatic carbocycles. The van der Waals surface area contributed by atoms with E-state index in [2.05, 4.69) is 197 Å². The number of aromatic nitrogens is 3. The van der Waals surface area contributed by atoms with Gasteiger partial charge in [-0.05, 0) is 92.9 Å². The van der Waals surface area contributed by atoms with Crippen molar-refractivity contribution in [1.82, 2.24) is 14.5 Å². The Hall–Kier alpha value is -8.02. The van der Waals surface area contributed by atoms with Gasteiger partial charge in [-0.15, -0.1) is 0 Å². The van der Waals surface area contributed by atoms with Gasteiger partial charge in [-0.2, -0.15) is 0 Å². The number of hydrogen-bond donors (Lipinski definition) is 1. The molecule has 0 spiro atoms. The third-order valence-electron chi connectivity index (χ3n) is 13.3. The predicted molar refractivity (Wildman–Crippen MR) is 272 cm³/mol. The van der Waals surface area contributed by atoms with E-state index in [0.29, 0.717) is 17.0 Å². The van der Waals surface area contributed by atoms with Crippen molar-refractivity contribution < 1.29 is 9.52 Å². The quantitative estimate of drug-likeness (QED) is 0.165. The van der Waals surface area contributed by atoms with Crippen LogP contribution in [0.5, 0.6) is 5.75 Å². The van der Waals surface area contributed by atoms with Gasteiger partial charge in [0.15, 0.2) is 0 Å². The number of benzene rings is 8. The third kappa shape index (κ3) is 7.14. The van der Waals surface area contributed by atoms with Crippen LogP contribution >= 0.6 is 0 Å². The van der Waals surface area contributed by atoms with E-state index in [1.165, 1.54) is 16.7 Å². The normalized spacial score (nSPS) is 12.1. The van der Waals surface area contributed by atoms with E-state index >= 15 is 0 Å². The van der Waals surface area contributed by atoms with Gasteiger partial charge in [0.25, 0.3) is 0 Å². The van der Waals surface area contributed by atoms with Crippen molar-refractivity contribution in [3.63, 3.8) is 0 Å². The summed E-state index contributed by atoms with van der Waals surface area (Å²) in [6, 6.07) is 67.8. The smallest absolute Gasteiger partial charge is 0.149 e. The van der Waals surface area contributed by atoms with Gasteiger partial charge < -0.3 is 9.52 Å². The molecule has 3 aromatic heterocycles. The average Bonchev–Trinajstić information content (AvgIpc) is 3.92. The summed E-state index contributed by atoms with van der Waals surface area (Å²) in [7, 11) is 0. The number of furan rings is 1. The first-order valence-corrected chi connectivity index (χ1v) is 22.6. The second-order valence-electron chi connectivity index (χ2n) is 18.8. The standard InChI is InChI=1S/C61H49N3O2/c1-60(2,3)46-34-42(33-43(35-46)52-36-41(31-32-62-52)39-27-29-45(30-28-39)61(4,5)44-19-10-7-11-20-44)48-23-16-25-54-58(48)63-59(64(54)53-24-14-12-21-47(53)40-17-8-6-9-18-40)51-37-50-49-22-13-15-26-56(49)66-57(50)38-55(51)65/h6-38,65H,1-5H3. The summed E-state index contributed by atoms with van der Waals surface area (Å²) in [5, 5.41) is 13.8. The van der Waals surface area contributed by atoms with Crippen LogP contribution in [-0.2, 0) is 10.8 Å². The zero-order valence-corrected chi connectivity index (χ0v) is 37.7. The third-order valence-corrected chi connectivity index (χ3v) is 13.3. The first-order valence-electron chi connectivity index (χ1n) is 22.6. The summed E-state index contributed by atoms with van der Waals surface area (Å²) in [4.78, 5) is 10.5. The first-order chi connectivity index (χ1) is 32.0. The van der Waals surface area contributed by atoms with E-state index in [-0.39, 0.29) is 16.6 Å². The molecule has 0 radical (unpaired) electrons. The van der Waals surface area contributed by atoms with E-state index in [1.807, 2.05) is 36.5 Å². The molecule has 0 aliphatic heterocycles. The van der Waals surface area contributed by atoms with E-state index < -0.39 is 0 Å². The Labute approximate surface area is 385 Å². The van der Waals surface area contributed by atoms with Crippen LogP contribution in [0.3, 0.4) is 0 Å². The molecule has 320 valence electrons. The Kier molecular flexibility index (Phi) is 9.81. The number of para-hydroxylation sites is 3. The van der Waals surface area contributed by atoms with Crippen molar-refractivity contribution in [2.45, 2.75) is 45.4 Å². The van der Waals surface area contributed by atoms with Crippen molar-refractivity contribution in [1.29, 1.82) is 0 Å². The van der Waals surface area contributed by atoms with Gasteiger partial charge in [0, 0.05) is 45.1 Å². The van der Waals surface area contributed by atoms with Crippen LogP contribution in [0.2, 0.25) is 0 Å². The van der Waals surface area contributed by atoms with E-state index in [4.69, 9.17) is 14.4 Å². The summed E-state index contributed by atoms with van der Waals surface area (Å²) >= 11 is 0. The molecule has 11 rings (SSSR count). The van der Waals surface area contributed by atoms with Crippen molar-refractivity contribution in [3.05, 3.63) is 217 Å². The highest BCUT2D eigenvalue weighted by atomic mass is 16.3. The van der Waals surface area contributed by atoms with Crippen molar-refractivity contribution in [2.75, 3.05) is 0 Å². The first kappa shape index (κ1) is 40.7. The van der Waals surface area contributed by atoms with Crippen LogP contribution in [0.25, 0.3) is 94.7 Å². The number of rotatable bonds is 8. The number of nitrogens with zero attached hydrogens (tertiary/aromatic N) is 3. The second-order valence-corrected chi connectivity index (χ2v) is 18.8. The summed E-state index contributed by atoms with van der Waals surface area (Å²) in [6.45, 7) is 11.3. The Bertz CT molecular complexity index is 3590. The van der Waals surface area contributed by atoms with Gasteiger partial charge in [-0.25, -0.2) is 4.98 Å². The fourth-order valence-corrected chi connectivity index (χ4v) is 9.46. The number of imidazole rings is 1. The minimum Gasteiger partial charge on any atom is -0.507 e. The lowest BCUT2D eigenvalue weighted by Gasteiger charge is -2.26. The van der Waals surface area contributed by atoms with Crippen LogP contribution in [-0.4, -0.2) is 19.6 Å². The van der Waals surface area contributed by atoms with Gasteiger partial charge >= 0.3 is 0 Å². The summed E-state index contributed by atoms with van der Waals surface area (Å²) in [5.74, 6) is 0.722. The fourth-order valence-electron chi connectivity index (χ4n) is 9.46. The van der Waals surface area contributed by atoms with Crippen LogP contribution in [0.1, 0.15) is 51.3 Å². The largest absolute Gasteiger partial charge is 0.507 e. The summed E-state index contributed by atoms with van der Waals surface area (Å²) < 4.78 is 8.41. The minimum absolute atomic E-state index is 0.0920. The molecule has 3 heterocycles. The number of pyridine rings is 1. The molecular formula is C61H49N3O2. The fraction of sp³-hybridized carbons (Fsp3) is 0.115. The molecule has 0 aliphatic rings. The lowest BCUT2D eigenvalue weighted by molar-refractivity contribution is 0.476. The second kappa shape index (κ2) is 15.9. The molecular weight excluding hydrogens is 807 g/mol. The maximum absolute atomic E-state index is 11.9. The Morgan fingerprint density at radius 3 is 1.94 bits per heavy atom. The summed E-state index contributed by atoms with van der Waals surface area (Å²) in [5.41, 5.74) is 16.5. The molecule has 0 unspecified atom stereocenters. The number of phenols is 1. The monoisotopic (exact) mass is 855 g/mol. The Morgan fingerprint density at radius 1 is 0.470 bits per heavy atom. The molecule has 8 aromatic carbocycles. The number of aromatic hydroxyl groups is 1. The Morgan fingerprint density at radius 2 is 1.15 bits per heavy atom. The highest BCUT2D eigenvalue weighted by Gasteiger charge is 2.26. The molecule has 0 bridgehead atoms. The molecule has 11 aromatic rings. The maximum Gasteiger partial charge on any atom is 0.149 e. The zero-order valence-electron chi connectivity index (χ0n) is 37.7. The topological polar surface area (TPSA) is 64.1 Å². The average molecular weight is 856 g/mol. The van der Waals surface area contributed by atoms with Crippen molar-refractivity contribution in [3.8, 4) is 67.5 Å². The summed E-state index contributed by atoms with van der Waals surface area (Å²) in [6.07, 6.45) is 1.92. The van der Waals surface area contributed by atoms with Gasteiger partial charge in [-0.1, -0.05) is 174 Å². The molecule has 0 amide bonds. The predicted octanol–water partition coefficient (Wildman–Crippen LogP) is 16.0. The number of fused-ring (bicyclic) bond motifs is 4. The van der Waals surface area contributed by atoms with E-state index in [0.717, 1.165) is 77.7 Å². The van der Waals surface area contributed by atoms with Crippen molar-refractivity contribution in [2.24, 2.45) is 0 Å². The molecule has 0 atom stereocenters. The van der Waals surface area contributed by atoms with Crippen LogP contribution in [0.4, 0.5) is 0 Å². The Balaban J connectivity index is 1.08. The molecule has 66 heavy (non-hydrogen) atoms. The molecule has 5 nitrogen and oxygen atoms in total. The van der Waals surface area contributed by atoms with Crippen LogP contribution in [0.15, 0.2) is 205 Å². The molecule has 0 saturated heterocycles. The number of phenolic OH excluding ortho intramolecular Hbond substituents is 1. The van der Waals surface area contributed by atoms with Gasteiger partial charge in [0.05, 0.1) is 28.0 Å². The lowest BCUT2D eigenvalue weighted by Crippen LogP contribution is -2.18. The molecule has 1 N–H and O–H groups in total. The highest BCUT2D eigenvalue weighted by Crippen LogP contribution is 2.44. The van der Waals surface area contributed by atoms with Gasteiger partial charge in [0.2, 0.25) is 0 Å². The van der Waals surface area contributed by atoms with E-state index in [9.17, 15) is 5.11 Å². The SMILES string of the molecule is CC(C)(C)c1cc(-c2cc(-c3ccc(C(C)(C)c4ccccc4)cc3)ccn2)cc(-c2cccc3c2nc(-c2cc4c(cc2O)oc2ccccc24)n3-c2ccccc2-c2ccccc2)c1. The van der Waals surface area contributed by atoms with Crippen molar-refractivity contribution >= 4 is 33.0 Å². The van der Waals surface area contributed by atoms with Gasteiger partial charge in [-0.3, -0.25) is 9.55 Å². The minimum atomic E-state index is -0.161. The highest BCUT2D eigenvalue weighted by molar-refractivity contribution is 6.07. The van der Waals surface area contributed by atoms with E-state index in [1.54, 1.807) is 6.07 Å². The lowest BCUT2D eigenvalue weighted by atomic mass is 9.78. The van der Waals surface area contributed by atoms with Crippen LogP contribution < -0.4 is 0 Å². The molecule has 0 saturated carbocycles. The molecule has 0 fully saturated rings. The molecule has 5 heteroatoms. The maximum atomic E-state index is 11.9. The number of hydrogen-bond acceptors (Lipinski definition) is 4. The van der Waals surface area contributed by atoms with Crippen LogP contribution in [0, 0.1) is 0 Å².